The van der Waals surface area contributed by atoms with Crippen LogP contribution in [-0.4, -0.2) is 13.1 Å². The minimum Gasteiger partial charge on any atom is -0.319 e. The van der Waals surface area contributed by atoms with Gasteiger partial charge in [-0.2, -0.15) is 0 Å². The third-order valence-electron chi connectivity index (χ3n) is 2.62. The minimum atomic E-state index is -2.41. The maximum atomic E-state index is 12.2. The summed E-state index contributed by atoms with van der Waals surface area (Å²) in [7, 11) is 0. The van der Waals surface area contributed by atoms with E-state index in [-0.39, 0.29) is 11.1 Å². The summed E-state index contributed by atoms with van der Waals surface area (Å²) in [5, 5.41) is 3.06. The lowest BCUT2D eigenvalue weighted by atomic mass is 9.85. The van der Waals surface area contributed by atoms with E-state index in [1.54, 1.807) is 12.1 Å². The normalized spacial score (nSPS) is 19.4. The Kier molecular flexibility index (Phi) is 2.25. The molecule has 0 bridgehead atoms. The molecule has 0 unspecified atom stereocenters. The molecule has 0 saturated carbocycles. The molecule has 2 nitrogen and oxygen atoms in total. The molecule has 1 fully saturated rings. The van der Waals surface area contributed by atoms with Crippen LogP contribution in [0.3, 0.4) is 0 Å². The van der Waals surface area contributed by atoms with E-state index in [0.717, 1.165) is 5.56 Å². The third-order valence-corrected chi connectivity index (χ3v) is 2.62. The average Bonchev–Trinajstić information content (AvgIpc) is 2.14. The van der Waals surface area contributed by atoms with Crippen molar-refractivity contribution in [3.8, 4) is 0 Å². The Hall–Kier alpha value is -1.00. The molecule has 1 aromatic carbocycles. The van der Waals surface area contributed by atoms with E-state index >= 15 is 0 Å². The molecule has 0 aromatic heterocycles. The summed E-state index contributed by atoms with van der Waals surface area (Å²) in [5.41, 5.74) is 6.60. The van der Waals surface area contributed by atoms with Crippen molar-refractivity contribution in [1.29, 1.82) is 0 Å². The van der Waals surface area contributed by atoms with Crippen LogP contribution in [0.2, 0.25) is 0 Å². The van der Waals surface area contributed by atoms with Crippen LogP contribution in [0.25, 0.3) is 0 Å². The number of nitrogens with one attached hydrogen (secondary N) is 1. The number of rotatable bonds is 2. The molecule has 76 valence electrons. The highest BCUT2D eigenvalue weighted by Gasteiger charge is 2.33. The van der Waals surface area contributed by atoms with Crippen molar-refractivity contribution < 1.29 is 8.78 Å². The molecule has 1 aliphatic heterocycles. The number of alkyl halides is 2. The second kappa shape index (κ2) is 3.29. The lowest BCUT2D eigenvalue weighted by Crippen LogP contribution is -2.62. The molecule has 2 rings (SSSR count). The Morgan fingerprint density at radius 2 is 1.79 bits per heavy atom. The first-order valence-electron chi connectivity index (χ1n) is 4.50. The fourth-order valence-corrected chi connectivity index (χ4v) is 1.56. The van der Waals surface area contributed by atoms with Crippen LogP contribution < -0.4 is 11.1 Å². The molecule has 0 radical (unpaired) electrons. The average molecular weight is 198 g/mol. The quantitative estimate of drug-likeness (QED) is 0.753. The Morgan fingerprint density at radius 1 is 1.21 bits per heavy atom. The van der Waals surface area contributed by atoms with Gasteiger partial charge in [0.1, 0.15) is 0 Å². The molecule has 1 aliphatic rings. The van der Waals surface area contributed by atoms with Gasteiger partial charge in [-0.25, -0.2) is 8.78 Å². The van der Waals surface area contributed by atoms with Gasteiger partial charge >= 0.3 is 0 Å². The second-order valence-electron chi connectivity index (χ2n) is 3.68. The molecular weight excluding hydrogens is 186 g/mol. The van der Waals surface area contributed by atoms with Crippen LogP contribution in [-0.2, 0) is 5.54 Å². The third kappa shape index (κ3) is 1.51. The fraction of sp³-hybridized carbons (Fsp3) is 0.400. The van der Waals surface area contributed by atoms with Crippen LogP contribution >= 0.6 is 0 Å². The summed E-state index contributed by atoms with van der Waals surface area (Å²) in [6.45, 7) is 1.42. The number of nitrogens with two attached hydrogens (primary N) is 1. The number of hydrogen-bond donors (Lipinski definition) is 2. The zero-order valence-corrected chi connectivity index (χ0v) is 7.63. The van der Waals surface area contributed by atoms with Crippen LogP contribution in [0.1, 0.15) is 17.6 Å². The predicted octanol–water partition coefficient (Wildman–Crippen LogP) is 1.38. The summed E-state index contributed by atoms with van der Waals surface area (Å²) in [6, 6.07) is 6.24. The fourth-order valence-electron chi connectivity index (χ4n) is 1.56. The van der Waals surface area contributed by atoms with Gasteiger partial charge in [0.15, 0.2) is 0 Å². The van der Waals surface area contributed by atoms with Gasteiger partial charge in [0.25, 0.3) is 6.43 Å². The molecule has 0 spiro atoms. The second-order valence-corrected chi connectivity index (χ2v) is 3.68. The monoisotopic (exact) mass is 198 g/mol. The number of hydrogen-bond acceptors (Lipinski definition) is 2. The van der Waals surface area contributed by atoms with Gasteiger partial charge in [-0.3, -0.25) is 0 Å². The van der Waals surface area contributed by atoms with Crippen molar-refractivity contribution in [2.75, 3.05) is 13.1 Å². The zero-order chi connectivity index (χ0) is 10.2. The van der Waals surface area contributed by atoms with Crippen molar-refractivity contribution in [2.45, 2.75) is 12.0 Å². The van der Waals surface area contributed by atoms with Gasteiger partial charge in [-0.15, -0.1) is 0 Å². The minimum absolute atomic E-state index is 0.0460. The highest BCUT2D eigenvalue weighted by atomic mass is 19.3. The Labute approximate surface area is 81.1 Å². The topological polar surface area (TPSA) is 38.0 Å². The van der Waals surface area contributed by atoms with Gasteiger partial charge in [0.2, 0.25) is 0 Å². The van der Waals surface area contributed by atoms with Crippen molar-refractivity contribution in [3.05, 3.63) is 35.4 Å². The lowest BCUT2D eigenvalue weighted by Gasteiger charge is -2.39. The van der Waals surface area contributed by atoms with Crippen molar-refractivity contribution in [1.82, 2.24) is 5.32 Å². The lowest BCUT2D eigenvalue weighted by molar-refractivity contribution is 0.151. The maximum absolute atomic E-state index is 12.2. The predicted molar refractivity (Wildman–Crippen MR) is 50.1 cm³/mol. The van der Waals surface area contributed by atoms with E-state index in [1.165, 1.54) is 12.1 Å². The SMILES string of the molecule is NC1(c2ccc(C(F)F)cc2)CNC1. The Balaban J connectivity index is 2.21. The summed E-state index contributed by atoms with van der Waals surface area (Å²) in [6.07, 6.45) is -2.41. The molecule has 1 aromatic rings. The van der Waals surface area contributed by atoms with Gasteiger partial charge in [0, 0.05) is 18.7 Å². The molecule has 0 aliphatic carbocycles. The number of benzene rings is 1. The maximum Gasteiger partial charge on any atom is 0.263 e. The highest BCUT2D eigenvalue weighted by Crippen LogP contribution is 2.25. The van der Waals surface area contributed by atoms with Crippen LogP contribution in [0.15, 0.2) is 24.3 Å². The molecule has 3 N–H and O–H groups in total. The van der Waals surface area contributed by atoms with Crippen LogP contribution in [0, 0.1) is 0 Å². The van der Waals surface area contributed by atoms with E-state index in [9.17, 15) is 8.78 Å². The molecule has 14 heavy (non-hydrogen) atoms. The first-order chi connectivity index (χ1) is 6.62. The van der Waals surface area contributed by atoms with Gasteiger partial charge < -0.3 is 11.1 Å². The van der Waals surface area contributed by atoms with E-state index in [0.29, 0.717) is 13.1 Å². The molecular formula is C10H12F2N2. The zero-order valence-electron chi connectivity index (χ0n) is 7.63. The molecule has 0 atom stereocenters. The van der Waals surface area contributed by atoms with Crippen LogP contribution in [0.4, 0.5) is 8.78 Å². The van der Waals surface area contributed by atoms with Crippen molar-refractivity contribution in [2.24, 2.45) is 5.73 Å². The summed E-state index contributed by atoms with van der Waals surface area (Å²) < 4.78 is 24.5. The molecule has 1 heterocycles. The molecule has 0 amide bonds. The smallest absolute Gasteiger partial charge is 0.263 e. The van der Waals surface area contributed by atoms with E-state index in [4.69, 9.17) is 5.73 Å². The first-order valence-corrected chi connectivity index (χ1v) is 4.50. The van der Waals surface area contributed by atoms with Gasteiger partial charge in [-0.05, 0) is 5.56 Å². The standard InChI is InChI=1S/C10H12F2N2/c11-9(12)7-1-3-8(4-2-7)10(13)5-14-6-10/h1-4,9,14H,5-6,13H2. The van der Waals surface area contributed by atoms with E-state index < -0.39 is 6.43 Å². The summed E-state index contributed by atoms with van der Waals surface area (Å²) in [5.74, 6) is 0. The van der Waals surface area contributed by atoms with Gasteiger partial charge in [-0.1, -0.05) is 24.3 Å². The van der Waals surface area contributed by atoms with Crippen molar-refractivity contribution in [3.63, 3.8) is 0 Å². The Bertz CT molecular complexity index is 317. The number of halogens is 2. The van der Waals surface area contributed by atoms with Gasteiger partial charge in [0.05, 0.1) is 5.54 Å². The molecule has 4 heteroatoms. The van der Waals surface area contributed by atoms with Crippen LogP contribution in [0.5, 0.6) is 0 Å². The first kappa shape index (κ1) is 9.55. The summed E-state index contributed by atoms with van der Waals surface area (Å²) >= 11 is 0. The Morgan fingerprint density at radius 3 is 2.14 bits per heavy atom. The van der Waals surface area contributed by atoms with E-state index in [2.05, 4.69) is 5.32 Å². The van der Waals surface area contributed by atoms with Crippen molar-refractivity contribution >= 4 is 0 Å². The molecule has 1 saturated heterocycles. The summed E-state index contributed by atoms with van der Waals surface area (Å²) in [4.78, 5) is 0. The van der Waals surface area contributed by atoms with E-state index in [1.807, 2.05) is 0 Å². The largest absolute Gasteiger partial charge is 0.319 e. The highest BCUT2D eigenvalue weighted by molar-refractivity contribution is 5.31.